The van der Waals surface area contributed by atoms with Crippen molar-refractivity contribution >= 4 is 32.9 Å². The van der Waals surface area contributed by atoms with Crippen LogP contribution in [0.4, 0.5) is 4.39 Å². The number of nitrogens with one attached hydrogen (secondary N) is 3. The molecule has 2 aliphatic heterocycles. The van der Waals surface area contributed by atoms with Crippen molar-refractivity contribution in [2.24, 2.45) is 5.41 Å². The standard InChI is InChI=1S/C26H45FN4O10P2/c1-15(2)39-24(33)17(5)29-42(9,35)37-13-20-26(8,14-38-43(10,36)30-18(6)25(34)40-16(3)4)22(27)23(41-20)31-12-11-21(32)28-19(31)7/h11-12,15-18,20,22-23H,7,13-14H2,1-6,8-10H3,(H,28,32)(H,29,35)(H,30,36)/t17-,18-,20+,22-,23+,26?,42?,43?/m0/s1. The second kappa shape index (κ2) is 14.8. The van der Waals surface area contributed by atoms with Crippen molar-refractivity contribution < 1.29 is 51.2 Å². The molecular formula is C26H45FN4O10P2. The summed E-state index contributed by atoms with van der Waals surface area (Å²) in [5, 5.41) is 7.68. The number of alkyl halides is 1. The number of carbonyl (C=O) groups excluding carboxylic acids is 3. The molecule has 0 aromatic rings. The third kappa shape index (κ3) is 10.5. The number of hydrogen-bond donors (Lipinski definition) is 3. The predicted molar refractivity (Wildman–Crippen MR) is 157 cm³/mol. The Morgan fingerprint density at radius 2 is 1.53 bits per heavy atom. The number of ether oxygens (including phenoxy) is 3. The summed E-state index contributed by atoms with van der Waals surface area (Å²) >= 11 is 0. The van der Waals surface area contributed by atoms with Crippen molar-refractivity contribution in [2.45, 2.75) is 91.3 Å². The molecule has 0 aliphatic carbocycles. The minimum absolute atomic E-state index is 0.0608. The van der Waals surface area contributed by atoms with Crippen LogP contribution in [-0.4, -0.2) is 92.1 Å². The fourth-order valence-electron chi connectivity index (χ4n) is 4.25. The fourth-order valence-corrected chi connectivity index (χ4v) is 6.97. The Morgan fingerprint density at radius 1 is 1.05 bits per heavy atom. The summed E-state index contributed by atoms with van der Waals surface area (Å²) in [6.07, 6.45) is -2.55. The van der Waals surface area contributed by atoms with Gasteiger partial charge in [0, 0.05) is 25.6 Å². The molecule has 0 bridgehead atoms. The van der Waals surface area contributed by atoms with E-state index in [4.69, 9.17) is 23.3 Å². The second-order valence-electron chi connectivity index (χ2n) is 11.5. The van der Waals surface area contributed by atoms with Crippen molar-refractivity contribution in [3.8, 4) is 0 Å². The van der Waals surface area contributed by atoms with Crippen LogP contribution in [0.25, 0.3) is 0 Å². The Kier molecular flexibility index (Phi) is 12.7. The van der Waals surface area contributed by atoms with Gasteiger partial charge in [-0.3, -0.25) is 23.5 Å². The van der Waals surface area contributed by atoms with E-state index < -0.39 is 82.1 Å². The molecule has 2 aliphatic rings. The third-order valence-electron chi connectivity index (χ3n) is 6.52. The van der Waals surface area contributed by atoms with Gasteiger partial charge >= 0.3 is 11.9 Å². The Bertz CT molecular complexity index is 1180. The molecule has 0 saturated carbocycles. The Balaban J connectivity index is 2.24. The molecule has 0 aromatic carbocycles. The zero-order valence-electron chi connectivity index (χ0n) is 26.1. The van der Waals surface area contributed by atoms with E-state index in [9.17, 15) is 23.5 Å². The highest BCUT2D eigenvalue weighted by Gasteiger charge is 2.57. The van der Waals surface area contributed by atoms with E-state index in [2.05, 4.69) is 22.1 Å². The first-order chi connectivity index (χ1) is 19.7. The van der Waals surface area contributed by atoms with E-state index in [0.29, 0.717) is 0 Å². The van der Waals surface area contributed by atoms with Gasteiger partial charge in [0.15, 0.2) is 12.4 Å². The van der Waals surface area contributed by atoms with Gasteiger partial charge in [-0.05, 0) is 41.5 Å². The number of rotatable bonds is 15. The molecule has 0 aromatic heterocycles. The van der Waals surface area contributed by atoms with Crippen LogP contribution in [0.15, 0.2) is 24.7 Å². The van der Waals surface area contributed by atoms with Gasteiger partial charge in [0.1, 0.15) is 17.9 Å². The van der Waals surface area contributed by atoms with Crippen molar-refractivity contribution in [3.63, 3.8) is 0 Å². The lowest BCUT2D eigenvalue weighted by atomic mass is 9.82. The maximum absolute atomic E-state index is 16.3. The summed E-state index contributed by atoms with van der Waals surface area (Å²) < 4.78 is 70.3. The summed E-state index contributed by atoms with van der Waals surface area (Å²) in [5.41, 5.74) is -1.54. The normalized spacial score (nSPS) is 28.3. The van der Waals surface area contributed by atoms with Gasteiger partial charge in [0.25, 0.3) is 20.9 Å². The zero-order chi connectivity index (χ0) is 32.9. The maximum atomic E-state index is 16.3. The topological polar surface area (TPSA) is 171 Å². The lowest BCUT2D eigenvalue weighted by Gasteiger charge is -2.34. The molecular weight excluding hydrogens is 609 g/mol. The van der Waals surface area contributed by atoms with Crippen LogP contribution < -0.4 is 15.5 Å². The molecule has 1 amide bonds. The number of nitrogens with zero attached hydrogens (tertiary/aromatic N) is 1. The van der Waals surface area contributed by atoms with E-state index in [1.54, 1.807) is 27.7 Å². The van der Waals surface area contributed by atoms with Gasteiger partial charge in [-0.1, -0.05) is 13.5 Å². The van der Waals surface area contributed by atoms with Crippen LogP contribution in [0.2, 0.25) is 0 Å². The van der Waals surface area contributed by atoms with Crippen molar-refractivity contribution in [3.05, 3.63) is 24.7 Å². The van der Waals surface area contributed by atoms with Crippen LogP contribution in [0.3, 0.4) is 0 Å². The average Bonchev–Trinajstić information content (AvgIpc) is 3.10. The summed E-state index contributed by atoms with van der Waals surface area (Å²) in [6, 6.07) is -1.95. The summed E-state index contributed by atoms with van der Waals surface area (Å²) in [7, 11) is -7.35. The predicted octanol–water partition coefficient (Wildman–Crippen LogP) is 3.01. The van der Waals surface area contributed by atoms with E-state index >= 15 is 4.39 Å². The van der Waals surface area contributed by atoms with Gasteiger partial charge in [-0.25, -0.2) is 14.6 Å². The van der Waals surface area contributed by atoms with Gasteiger partial charge in [0.2, 0.25) is 0 Å². The molecule has 17 heteroatoms. The Morgan fingerprint density at radius 3 is 2.00 bits per heavy atom. The lowest BCUT2D eigenvalue weighted by molar-refractivity contribution is -0.149. The minimum Gasteiger partial charge on any atom is -0.462 e. The van der Waals surface area contributed by atoms with Crippen LogP contribution in [0.1, 0.15) is 48.5 Å². The van der Waals surface area contributed by atoms with Crippen molar-refractivity contribution in [1.82, 2.24) is 20.4 Å². The molecule has 1 saturated heterocycles. The minimum atomic E-state index is -3.69. The van der Waals surface area contributed by atoms with Crippen molar-refractivity contribution in [2.75, 3.05) is 26.5 Å². The van der Waals surface area contributed by atoms with Gasteiger partial charge in [0.05, 0.1) is 36.9 Å². The lowest BCUT2D eigenvalue weighted by Crippen LogP contribution is -2.47. The molecule has 14 nitrogen and oxygen atoms in total. The molecule has 0 spiro atoms. The molecule has 0 radical (unpaired) electrons. The highest BCUT2D eigenvalue weighted by Crippen LogP contribution is 2.49. The van der Waals surface area contributed by atoms with Crippen LogP contribution in [0, 0.1) is 5.41 Å². The summed E-state index contributed by atoms with van der Waals surface area (Å²) in [4.78, 5) is 37.4. The molecule has 3 unspecified atom stereocenters. The SMILES string of the molecule is C=C1NC(=O)C=CN1[C@@H]1O[C@H](COP(C)(=O)N[C@@H](C)C(=O)OC(C)C)C(C)(COP(C)(=O)N[C@@H](C)C(=O)OC(C)C)[C@H]1F. The highest BCUT2D eigenvalue weighted by molar-refractivity contribution is 7.56. The highest BCUT2D eigenvalue weighted by atomic mass is 31.2. The number of esters is 2. The number of halogens is 1. The van der Waals surface area contributed by atoms with Crippen LogP contribution >= 0.6 is 15.0 Å². The largest absolute Gasteiger partial charge is 0.462 e. The average molecular weight is 655 g/mol. The smallest absolute Gasteiger partial charge is 0.323 e. The molecule has 1 fully saturated rings. The van der Waals surface area contributed by atoms with Gasteiger partial charge in [-0.15, -0.1) is 0 Å². The Hall–Kier alpha value is -2.12. The number of hydrogen-bond acceptors (Lipinski definition) is 11. The molecule has 246 valence electrons. The first-order valence-corrected chi connectivity index (χ1v) is 18.0. The van der Waals surface area contributed by atoms with E-state index in [-0.39, 0.29) is 18.0 Å². The maximum Gasteiger partial charge on any atom is 0.323 e. The molecule has 8 atom stereocenters. The fraction of sp³-hybridized carbons (Fsp3) is 0.731. The first-order valence-electron chi connectivity index (χ1n) is 13.8. The quantitative estimate of drug-likeness (QED) is 0.174. The third-order valence-corrected chi connectivity index (χ3v) is 9.50. The summed E-state index contributed by atoms with van der Waals surface area (Å²) in [6.45, 7) is 16.5. The van der Waals surface area contributed by atoms with Crippen LogP contribution in [-0.2, 0) is 46.8 Å². The molecule has 2 heterocycles. The second-order valence-corrected chi connectivity index (χ2v) is 15.9. The first kappa shape index (κ1) is 37.1. The molecule has 2 rings (SSSR count). The zero-order valence-corrected chi connectivity index (χ0v) is 27.9. The molecule has 3 N–H and O–H groups in total. The van der Waals surface area contributed by atoms with E-state index in [1.165, 1.54) is 51.3 Å². The van der Waals surface area contributed by atoms with Gasteiger partial charge < -0.3 is 33.5 Å². The monoisotopic (exact) mass is 654 g/mol. The van der Waals surface area contributed by atoms with Crippen LogP contribution in [0.5, 0.6) is 0 Å². The van der Waals surface area contributed by atoms with Crippen molar-refractivity contribution in [1.29, 1.82) is 0 Å². The number of carbonyl (C=O) groups is 3. The Labute approximate surface area is 252 Å². The number of amides is 1. The van der Waals surface area contributed by atoms with E-state index in [1.807, 2.05) is 0 Å². The van der Waals surface area contributed by atoms with E-state index in [0.717, 1.165) is 0 Å². The molecule has 43 heavy (non-hydrogen) atoms. The van der Waals surface area contributed by atoms with Gasteiger partial charge in [-0.2, -0.15) is 0 Å². The summed E-state index contributed by atoms with van der Waals surface area (Å²) in [5.74, 6) is -1.66.